The number of unbranched alkanes of at least 4 members (excludes halogenated alkanes) is 2. The number of nitrogens with zero attached hydrogens (tertiary/aromatic N) is 2. The van der Waals surface area contributed by atoms with Crippen LogP contribution in [0.1, 0.15) is 56.0 Å². The number of aliphatic imine (C=N–C) groups is 1. The van der Waals surface area contributed by atoms with Crippen molar-refractivity contribution in [3.8, 4) is 0 Å². The minimum atomic E-state index is -1.14. The minimum Gasteiger partial charge on any atom is -0.292 e. The molecule has 0 saturated carbocycles. The summed E-state index contributed by atoms with van der Waals surface area (Å²) in [6.45, 7) is 5.62. The first kappa shape index (κ1) is 20.6. The van der Waals surface area contributed by atoms with Crippen molar-refractivity contribution in [3.05, 3.63) is 61.2 Å². The van der Waals surface area contributed by atoms with Crippen LogP contribution in [-0.2, 0) is 16.0 Å². The molecular formula is C21H24N2O4. The van der Waals surface area contributed by atoms with Crippen LogP contribution in [0, 0.1) is 6.92 Å². The molecule has 0 fully saturated rings. The van der Waals surface area contributed by atoms with Gasteiger partial charge in [0.05, 0.1) is 6.54 Å². The molecule has 0 amide bonds. The zero-order chi connectivity index (χ0) is 20.0. The quantitative estimate of drug-likeness (QED) is 0.586. The molecule has 0 spiro atoms. The summed E-state index contributed by atoms with van der Waals surface area (Å²) >= 11 is 0. The second-order valence-corrected chi connectivity index (χ2v) is 6.83. The van der Waals surface area contributed by atoms with Crippen molar-refractivity contribution in [1.29, 1.82) is 0 Å². The van der Waals surface area contributed by atoms with Crippen molar-refractivity contribution in [3.63, 3.8) is 0 Å². The van der Waals surface area contributed by atoms with Crippen LogP contribution in [0.25, 0.3) is 0 Å². The van der Waals surface area contributed by atoms with Crippen molar-refractivity contribution >= 4 is 17.8 Å². The molecular weight excluding hydrogens is 344 g/mol. The number of aryl methyl sites for hydroxylation is 2. The lowest BCUT2D eigenvalue weighted by molar-refractivity contribution is -0.133. The molecule has 0 bridgehead atoms. The van der Waals surface area contributed by atoms with E-state index in [1.807, 2.05) is 6.92 Å². The van der Waals surface area contributed by atoms with E-state index >= 15 is 0 Å². The molecule has 1 atom stereocenters. The predicted octanol–water partition coefficient (Wildman–Crippen LogP) is 2.10. The lowest BCUT2D eigenvalue weighted by atomic mass is 9.94. The first-order valence-corrected chi connectivity index (χ1v) is 9.15. The maximum absolute atomic E-state index is 13.1. The molecule has 0 N–H and O–H groups in total. The lowest BCUT2D eigenvalue weighted by Gasteiger charge is -2.11. The second kappa shape index (κ2) is 9.26. The van der Waals surface area contributed by atoms with Gasteiger partial charge in [0, 0.05) is 23.5 Å². The number of aromatic nitrogens is 1. The van der Waals surface area contributed by atoms with Gasteiger partial charge in [-0.3, -0.25) is 29.2 Å². The molecule has 1 aliphatic rings. The summed E-state index contributed by atoms with van der Waals surface area (Å²) in [6, 6.07) is 2.63. The van der Waals surface area contributed by atoms with Crippen molar-refractivity contribution in [2.45, 2.75) is 52.4 Å². The molecule has 1 aliphatic heterocycles. The molecule has 0 radical (unpaired) electrons. The first-order valence-electron chi connectivity index (χ1n) is 9.15. The summed E-state index contributed by atoms with van der Waals surface area (Å²) in [5, 5.41) is 0. The molecule has 2 heterocycles. The highest BCUT2D eigenvalue weighted by atomic mass is 16.2. The number of ketones is 2. The molecule has 2 rings (SSSR count). The standard InChI is InChI=1S/C21H24N2O4/c1-4-5-6-7-15-10-16(24)9-14(3)23-19(20(15)26)17-12-22-11-13(2)8-18(25)21(17)27/h8-10,12,17H,4-7,11H2,1-3H3/b13-8+,14-9?,15-10?,22-12?,23-19?. The first-order chi connectivity index (χ1) is 12.8. The number of carbonyl (C=O) groups excluding carboxylic acids is 2. The Hall–Kier alpha value is -2.76. The second-order valence-electron chi connectivity index (χ2n) is 6.83. The largest absolute Gasteiger partial charge is 0.292 e. The highest BCUT2D eigenvalue weighted by Crippen LogP contribution is 2.14. The van der Waals surface area contributed by atoms with Gasteiger partial charge in [-0.2, -0.15) is 0 Å². The van der Waals surface area contributed by atoms with Crippen LogP contribution >= 0.6 is 0 Å². The molecule has 6 nitrogen and oxygen atoms in total. The van der Waals surface area contributed by atoms with Crippen LogP contribution in [0.2, 0.25) is 0 Å². The maximum Gasteiger partial charge on any atom is 0.222 e. The van der Waals surface area contributed by atoms with Crippen LogP contribution in [-0.4, -0.2) is 29.3 Å². The van der Waals surface area contributed by atoms with Gasteiger partial charge in [-0.1, -0.05) is 19.8 Å². The van der Waals surface area contributed by atoms with Crippen molar-refractivity contribution in [2.24, 2.45) is 4.99 Å². The van der Waals surface area contributed by atoms with Gasteiger partial charge in [0.25, 0.3) is 0 Å². The van der Waals surface area contributed by atoms with Gasteiger partial charge in [-0.05, 0) is 44.4 Å². The van der Waals surface area contributed by atoms with Gasteiger partial charge in [0.1, 0.15) is 11.6 Å². The van der Waals surface area contributed by atoms with Crippen LogP contribution in [0.5, 0.6) is 0 Å². The van der Waals surface area contributed by atoms with E-state index in [1.54, 1.807) is 13.8 Å². The Bertz CT molecular complexity index is 932. The molecule has 1 aromatic rings. The molecule has 142 valence electrons. The van der Waals surface area contributed by atoms with E-state index in [1.165, 1.54) is 24.4 Å². The van der Waals surface area contributed by atoms with E-state index in [2.05, 4.69) is 9.98 Å². The van der Waals surface area contributed by atoms with E-state index in [0.717, 1.165) is 19.3 Å². The third kappa shape index (κ3) is 5.36. The Balaban J connectivity index is 2.63. The van der Waals surface area contributed by atoms with Gasteiger partial charge >= 0.3 is 0 Å². The Kier molecular flexibility index (Phi) is 7.05. The fraction of sp³-hybridized carbons (Fsp3) is 0.429. The van der Waals surface area contributed by atoms with Crippen molar-refractivity contribution in [2.75, 3.05) is 6.54 Å². The summed E-state index contributed by atoms with van der Waals surface area (Å²) in [7, 11) is 0. The highest BCUT2D eigenvalue weighted by molar-refractivity contribution is 6.46. The number of Topliss-reactive ketones (excluding diaryl/α,β-unsaturated/α-hetero) is 1. The topological polar surface area (TPSA) is 93.5 Å². The highest BCUT2D eigenvalue weighted by Gasteiger charge is 2.29. The number of allylic oxidation sites excluding steroid dienone is 1. The van der Waals surface area contributed by atoms with E-state index < -0.39 is 22.9 Å². The van der Waals surface area contributed by atoms with Crippen LogP contribution in [0.3, 0.4) is 0 Å². The molecule has 6 heteroatoms. The van der Waals surface area contributed by atoms with Gasteiger partial charge in [0.15, 0.2) is 5.43 Å². The Labute approximate surface area is 158 Å². The van der Waals surface area contributed by atoms with E-state index in [4.69, 9.17) is 0 Å². The SMILES string of the molecule is CCCCCc1cc(=O)cc(C)nc(C2C=NC/C(C)=C/C(=O)C2=O)c1=O. The fourth-order valence-corrected chi connectivity index (χ4v) is 2.94. The van der Waals surface area contributed by atoms with E-state index in [0.29, 0.717) is 23.3 Å². The number of rotatable bonds is 5. The third-order valence-electron chi connectivity index (χ3n) is 4.33. The number of hydrogen-bond acceptors (Lipinski definition) is 6. The van der Waals surface area contributed by atoms with Gasteiger partial charge in [-0.25, -0.2) is 0 Å². The Morgan fingerprint density at radius 2 is 1.81 bits per heavy atom. The maximum atomic E-state index is 13.1. The third-order valence-corrected chi connectivity index (χ3v) is 4.33. The molecule has 0 aromatic carbocycles. The summed E-state index contributed by atoms with van der Waals surface area (Å²) in [6.07, 6.45) is 5.66. The number of hydrogen-bond donors (Lipinski definition) is 0. The molecule has 1 unspecified atom stereocenters. The smallest absolute Gasteiger partial charge is 0.222 e. The Morgan fingerprint density at radius 1 is 1.07 bits per heavy atom. The lowest BCUT2D eigenvalue weighted by Crippen LogP contribution is -2.30. The van der Waals surface area contributed by atoms with Gasteiger partial charge in [0.2, 0.25) is 17.0 Å². The van der Waals surface area contributed by atoms with E-state index in [9.17, 15) is 19.2 Å². The number of carbonyl (C=O) groups is 2. The van der Waals surface area contributed by atoms with Crippen molar-refractivity contribution in [1.82, 2.24) is 4.98 Å². The summed E-state index contributed by atoms with van der Waals surface area (Å²) < 4.78 is 0. The zero-order valence-electron chi connectivity index (χ0n) is 15.9. The molecule has 1 aromatic heterocycles. The van der Waals surface area contributed by atoms with Gasteiger partial charge < -0.3 is 0 Å². The molecule has 27 heavy (non-hydrogen) atoms. The summed E-state index contributed by atoms with van der Waals surface area (Å²) in [5.74, 6) is -2.55. The van der Waals surface area contributed by atoms with Crippen molar-refractivity contribution < 1.29 is 9.59 Å². The van der Waals surface area contributed by atoms with Crippen LogP contribution in [0.4, 0.5) is 0 Å². The van der Waals surface area contributed by atoms with Crippen LogP contribution < -0.4 is 10.9 Å². The zero-order valence-corrected chi connectivity index (χ0v) is 15.9. The summed E-state index contributed by atoms with van der Waals surface area (Å²) in [5.41, 5.74) is 0.492. The van der Waals surface area contributed by atoms with Gasteiger partial charge in [-0.15, -0.1) is 0 Å². The van der Waals surface area contributed by atoms with Crippen LogP contribution in [0.15, 0.2) is 38.4 Å². The average molecular weight is 368 g/mol. The predicted molar refractivity (Wildman–Crippen MR) is 105 cm³/mol. The monoisotopic (exact) mass is 368 g/mol. The summed E-state index contributed by atoms with van der Waals surface area (Å²) in [4.78, 5) is 58.3. The minimum absolute atomic E-state index is 0.0472. The average Bonchev–Trinajstić information content (AvgIpc) is 2.60. The molecule has 0 saturated heterocycles. The fourth-order valence-electron chi connectivity index (χ4n) is 2.94. The normalized spacial score (nSPS) is 19.2. The molecule has 0 aliphatic carbocycles. The Morgan fingerprint density at radius 3 is 2.52 bits per heavy atom. The van der Waals surface area contributed by atoms with E-state index in [-0.39, 0.29) is 17.7 Å².